The van der Waals surface area contributed by atoms with Crippen LogP contribution in [0.4, 0.5) is 11.4 Å². The molecule has 18 heavy (non-hydrogen) atoms. The quantitative estimate of drug-likeness (QED) is 0.780. The third-order valence-corrected chi connectivity index (χ3v) is 3.44. The molecule has 1 aromatic carbocycles. The maximum Gasteiger partial charge on any atom is 0.144 e. The van der Waals surface area contributed by atoms with Crippen molar-refractivity contribution in [2.75, 3.05) is 17.7 Å². The molecular formula is C14H18N2OS. The van der Waals surface area contributed by atoms with Crippen molar-refractivity contribution in [2.24, 2.45) is 0 Å². The summed E-state index contributed by atoms with van der Waals surface area (Å²) in [5.74, 6) is 0.757. The number of para-hydroxylation sites is 1. The van der Waals surface area contributed by atoms with Gasteiger partial charge in [-0.3, -0.25) is 0 Å². The Morgan fingerprint density at radius 2 is 2.17 bits per heavy atom. The average molecular weight is 262 g/mol. The van der Waals surface area contributed by atoms with E-state index in [2.05, 4.69) is 23.7 Å². The normalized spacial score (nSPS) is 10.3. The summed E-state index contributed by atoms with van der Waals surface area (Å²) in [6, 6.07) is 9.98. The molecule has 3 nitrogen and oxygen atoms in total. The van der Waals surface area contributed by atoms with Crippen LogP contribution in [0.2, 0.25) is 0 Å². The molecule has 3 N–H and O–H groups in total. The molecule has 0 aliphatic rings. The van der Waals surface area contributed by atoms with Crippen LogP contribution < -0.4 is 15.8 Å². The van der Waals surface area contributed by atoms with E-state index in [0.717, 1.165) is 24.4 Å². The number of nitrogen functional groups attached to an aromatic ring is 1. The van der Waals surface area contributed by atoms with Crippen molar-refractivity contribution in [3.63, 3.8) is 0 Å². The van der Waals surface area contributed by atoms with Crippen molar-refractivity contribution in [3.05, 3.63) is 40.6 Å². The van der Waals surface area contributed by atoms with Crippen molar-refractivity contribution < 1.29 is 4.74 Å². The Hall–Kier alpha value is -1.68. The maximum atomic E-state index is 6.08. The highest BCUT2D eigenvalue weighted by Crippen LogP contribution is 2.30. The second-order valence-electron chi connectivity index (χ2n) is 4.00. The monoisotopic (exact) mass is 262 g/mol. The molecule has 1 aromatic heterocycles. The van der Waals surface area contributed by atoms with Crippen molar-refractivity contribution >= 4 is 22.7 Å². The van der Waals surface area contributed by atoms with Gasteiger partial charge in [-0.05, 0) is 30.0 Å². The zero-order valence-corrected chi connectivity index (χ0v) is 11.3. The molecule has 2 aromatic rings. The molecule has 0 unspecified atom stereocenters. The van der Waals surface area contributed by atoms with E-state index in [-0.39, 0.29) is 0 Å². The van der Waals surface area contributed by atoms with Gasteiger partial charge in [0.15, 0.2) is 0 Å². The van der Waals surface area contributed by atoms with Crippen LogP contribution in [0.3, 0.4) is 0 Å². The van der Waals surface area contributed by atoms with Crippen molar-refractivity contribution in [3.8, 4) is 5.75 Å². The molecule has 0 spiro atoms. The van der Waals surface area contributed by atoms with Gasteiger partial charge in [0, 0.05) is 11.4 Å². The molecule has 0 fully saturated rings. The van der Waals surface area contributed by atoms with E-state index >= 15 is 0 Å². The Morgan fingerprint density at radius 3 is 2.89 bits per heavy atom. The molecule has 0 radical (unpaired) electrons. The number of ether oxygens (including phenoxy) is 1. The van der Waals surface area contributed by atoms with Crippen LogP contribution in [0.1, 0.15) is 18.2 Å². The molecule has 1 heterocycles. The van der Waals surface area contributed by atoms with Crippen LogP contribution in [-0.2, 0) is 6.54 Å². The highest BCUT2D eigenvalue weighted by molar-refractivity contribution is 7.09. The second-order valence-corrected chi connectivity index (χ2v) is 5.03. The first-order valence-electron chi connectivity index (χ1n) is 6.08. The molecule has 2 rings (SSSR count). The third kappa shape index (κ3) is 3.17. The predicted octanol–water partition coefficient (Wildman–Crippen LogP) is 3.73. The zero-order valence-electron chi connectivity index (χ0n) is 10.5. The van der Waals surface area contributed by atoms with Gasteiger partial charge in [-0.15, -0.1) is 11.3 Å². The fourth-order valence-electron chi connectivity index (χ4n) is 1.63. The summed E-state index contributed by atoms with van der Waals surface area (Å²) in [6.07, 6.45) is 0.978. The number of nitrogens with two attached hydrogens (primary N) is 1. The Kier molecular flexibility index (Phi) is 4.47. The lowest BCUT2D eigenvalue weighted by molar-refractivity contribution is 0.319. The first-order chi connectivity index (χ1) is 8.81. The molecule has 96 valence electrons. The summed E-state index contributed by atoms with van der Waals surface area (Å²) < 4.78 is 5.60. The SMILES string of the molecule is CCCOc1cccc(NCc2cccs2)c1N. The van der Waals surface area contributed by atoms with Crippen molar-refractivity contribution in [2.45, 2.75) is 19.9 Å². The number of thiophene rings is 1. The molecule has 0 bridgehead atoms. The zero-order chi connectivity index (χ0) is 12.8. The second kappa shape index (κ2) is 6.31. The first kappa shape index (κ1) is 12.8. The van der Waals surface area contributed by atoms with Gasteiger partial charge in [0.25, 0.3) is 0 Å². The number of hydrogen-bond acceptors (Lipinski definition) is 4. The van der Waals surface area contributed by atoms with Crippen LogP contribution in [0.15, 0.2) is 35.7 Å². The lowest BCUT2D eigenvalue weighted by Gasteiger charge is -2.13. The number of anilines is 2. The summed E-state index contributed by atoms with van der Waals surface area (Å²) in [5, 5.41) is 5.41. The highest BCUT2D eigenvalue weighted by atomic mass is 32.1. The van der Waals surface area contributed by atoms with Crippen LogP contribution in [-0.4, -0.2) is 6.61 Å². The Labute approximate surface area is 112 Å². The van der Waals surface area contributed by atoms with Gasteiger partial charge in [-0.25, -0.2) is 0 Å². The molecule has 0 amide bonds. The minimum absolute atomic E-state index is 0.683. The molecule has 0 aliphatic heterocycles. The number of nitrogens with one attached hydrogen (secondary N) is 1. The van der Waals surface area contributed by atoms with E-state index in [4.69, 9.17) is 10.5 Å². The van der Waals surface area contributed by atoms with E-state index in [9.17, 15) is 0 Å². The number of benzene rings is 1. The van der Waals surface area contributed by atoms with Crippen molar-refractivity contribution in [1.29, 1.82) is 0 Å². The minimum Gasteiger partial charge on any atom is -0.491 e. The van der Waals surface area contributed by atoms with Crippen LogP contribution in [0.5, 0.6) is 5.75 Å². The van der Waals surface area contributed by atoms with Gasteiger partial charge in [0.05, 0.1) is 18.0 Å². The van der Waals surface area contributed by atoms with Crippen LogP contribution in [0, 0.1) is 0 Å². The largest absolute Gasteiger partial charge is 0.491 e. The lowest BCUT2D eigenvalue weighted by atomic mass is 10.2. The predicted molar refractivity (Wildman–Crippen MR) is 78.3 cm³/mol. The van der Waals surface area contributed by atoms with Gasteiger partial charge >= 0.3 is 0 Å². The summed E-state index contributed by atoms with van der Waals surface area (Å²) in [4.78, 5) is 1.29. The Morgan fingerprint density at radius 1 is 1.28 bits per heavy atom. The standard InChI is InChI=1S/C14H18N2OS/c1-2-8-17-13-7-3-6-12(14(13)15)16-10-11-5-4-9-18-11/h3-7,9,16H,2,8,10,15H2,1H3. The van der Waals surface area contributed by atoms with Gasteiger partial charge < -0.3 is 15.8 Å². The summed E-state index contributed by atoms with van der Waals surface area (Å²) >= 11 is 1.73. The topological polar surface area (TPSA) is 47.3 Å². The average Bonchev–Trinajstić information content (AvgIpc) is 2.89. The molecule has 0 aliphatic carbocycles. The first-order valence-corrected chi connectivity index (χ1v) is 6.96. The number of hydrogen-bond donors (Lipinski definition) is 2. The summed E-state index contributed by atoms with van der Waals surface area (Å²) in [6.45, 7) is 3.56. The minimum atomic E-state index is 0.683. The fourth-order valence-corrected chi connectivity index (χ4v) is 2.28. The summed E-state index contributed by atoms with van der Waals surface area (Å²) in [5.41, 5.74) is 7.69. The van der Waals surface area contributed by atoms with Gasteiger partial charge in [-0.1, -0.05) is 19.1 Å². The molecule has 4 heteroatoms. The molecule has 0 saturated heterocycles. The van der Waals surface area contributed by atoms with Crippen LogP contribution in [0.25, 0.3) is 0 Å². The van der Waals surface area contributed by atoms with Crippen molar-refractivity contribution in [1.82, 2.24) is 0 Å². The van der Waals surface area contributed by atoms with Gasteiger partial charge in [-0.2, -0.15) is 0 Å². The highest BCUT2D eigenvalue weighted by Gasteiger charge is 2.05. The third-order valence-electron chi connectivity index (χ3n) is 2.56. The summed E-state index contributed by atoms with van der Waals surface area (Å²) in [7, 11) is 0. The van der Waals surface area contributed by atoms with E-state index < -0.39 is 0 Å². The van der Waals surface area contributed by atoms with E-state index in [1.165, 1.54) is 4.88 Å². The van der Waals surface area contributed by atoms with E-state index in [1.807, 2.05) is 24.3 Å². The molecular weight excluding hydrogens is 244 g/mol. The van der Waals surface area contributed by atoms with Gasteiger partial charge in [0.1, 0.15) is 5.75 Å². The molecule has 0 atom stereocenters. The van der Waals surface area contributed by atoms with E-state index in [1.54, 1.807) is 11.3 Å². The van der Waals surface area contributed by atoms with Crippen LogP contribution >= 0.6 is 11.3 Å². The van der Waals surface area contributed by atoms with E-state index in [0.29, 0.717) is 12.3 Å². The Balaban J connectivity index is 2.03. The van der Waals surface area contributed by atoms with Gasteiger partial charge in [0.2, 0.25) is 0 Å². The number of rotatable bonds is 6. The maximum absolute atomic E-state index is 6.08. The lowest BCUT2D eigenvalue weighted by Crippen LogP contribution is -2.04. The smallest absolute Gasteiger partial charge is 0.144 e. The molecule has 0 saturated carbocycles. The Bertz CT molecular complexity index is 483. The fraction of sp³-hybridized carbons (Fsp3) is 0.286.